The zero-order valence-electron chi connectivity index (χ0n) is 11.8. The van der Waals surface area contributed by atoms with Crippen LogP contribution in [0.25, 0.3) is 0 Å². The maximum atomic E-state index is 6.49. The molecule has 0 aromatic heterocycles. The molecule has 112 valence electrons. The van der Waals surface area contributed by atoms with Crippen LogP contribution in [0.4, 0.5) is 0 Å². The lowest BCUT2D eigenvalue weighted by molar-refractivity contribution is 0.202. The maximum absolute atomic E-state index is 6.49. The molecule has 0 aliphatic rings. The van der Waals surface area contributed by atoms with Gasteiger partial charge in [0.15, 0.2) is 0 Å². The van der Waals surface area contributed by atoms with Crippen LogP contribution in [0.5, 0.6) is 0 Å². The number of benzene rings is 2. The third-order valence-electron chi connectivity index (χ3n) is 3.34. The minimum atomic E-state index is -0.0845. The summed E-state index contributed by atoms with van der Waals surface area (Å²) in [5.41, 5.74) is 3.43. The Morgan fingerprint density at radius 3 is 2.24 bits per heavy atom. The number of hydrogen-bond acceptors (Lipinski definition) is 1. The first-order chi connectivity index (χ1) is 10.1. The molecule has 0 aliphatic heterocycles. The first-order valence-electron chi connectivity index (χ1n) is 6.76. The van der Waals surface area contributed by atoms with Crippen molar-refractivity contribution in [2.45, 2.75) is 18.2 Å². The van der Waals surface area contributed by atoms with Gasteiger partial charge in [0.1, 0.15) is 0 Å². The first kappa shape index (κ1) is 16.6. The molecule has 0 saturated carbocycles. The molecule has 0 N–H and O–H groups in total. The summed E-state index contributed by atoms with van der Waals surface area (Å²) in [6.07, 6.45) is 1.63. The van der Waals surface area contributed by atoms with Crippen LogP contribution in [0.15, 0.2) is 42.5 Å². The summed E-state index contributed by atoms with van der Waals surface area (Å²) in [5.74, 6) is 0. The van der Waals surface area contributed by atoms with Gasteiger partial charge < -0.3 is 4.74 Å². The predicted molar refractivity (Wildman–Crippen MR) is 90.8 cm³/mol. The van der Waals surface area contributed by atoms with Crippen LogP contribution < -0.4 is 0 Å². The molecule has 0 heterocycles. The average Bonchev–Trinajstić information content (AvgIpc) is 2.49. The number of alkyl halides is 1. The molecule has 1 atom stereocenters. The molecule has 0 fully saturated rings. The molecule has 0 radical (unpaired) electrons. The van der Waals surface area contributed by atoms with Crippen molar-refractivity contribution in [3.63, 3.8) is 0 Å². The summed E-state index contributed by atoms with van der Waals surface area (Å²) in [7, 11) is 1.71. The standard InChI is InChI=1S/C17H17Cl3O/c1-21-9-8-12-2-5-14(6-3-12)16(19)10-13-4-7-15(18)17(20)11-13/h2-7,11,16H,8-10H2,1H3. The predicted octanol–water partition coefficient (Wildman–Crippen LogP) is 5.70. The summed E-state index contributed by atoms with van der Waals surface area (Å²) < 4.78 is 5.07. The molecule has 0 amide bonds. The van der Waals surface area contributed by atoms with Crippen molar-refractivity contribution in [2.24, 2.45) is 0 Å². The smallest absolute Gasteiger partial charge is 0.0625 e. The van der Waals surface area contributed by atoms with Crippen LogP contribution in [-0.2, 0) is 17.6 Å². The minimum absolute atomic E-state index is 0.0845. The van der Waals surface area contributed by atoms with E-state index in [4.69, 9.17) is 39.5 Å². The molecule has 2 aromatic carbocycles. The summed E-state index contributed by atoms with van der Waals surface area (Å²) >= 11 is 18.4. The fourth-order valence-corrected chi connectivity index (χ4v) is 2.75. The van der Waals surface area contributed by atoms with Gasteiger partial charge in [-0.05, 0) is 41.7 Å². The van der Waals surface area contributed by atoms with Crippen molar-refractivity contribution in [3.8, 4) is 0 Å². The lowest BCUT2D eigenvalue weighted by Crippen LogP contribution is -1.98. The molecule has 1 unspecified atom stereocenters. The van der Waals surface area contributed by atoms with Crippen molar-refractivity contribution in [3.05, 3.63) is 69.2 Å². The second-order valence-corrected chi connectivity index (χ2v) is 6.25. The van der Waals surface area contributed by atoms with Crippen LogP contribution in [0, 0.1) is 0 Å². The van der Waals surface area contributed by atoms with Crippen molar-refractivity contribution in [2.75, 3.05) is 13.7 Å². The Morgan fingerprint density at radius 1 is 0.952 bits per heavy atom. The fourth-order valence-electron chi connectivity index (χ4n) is 2.10. The molecule has 0 aliphatic carbocycles. The molecule has 21 heavy (non-hydrogen) atoms. The van der Waals surface area contributed by atoms with E-state index in [0.29, 0.717) is 10.0 Å². The Morgan fingerprint density at radius 2 is 1.62 bits per heavy atom. The zero-order valence-corrected chi connectivity index (χ0v) is 14.1. The summed E-state index contributed by atoms with van der Waals surface area (Å²) in [6.45, 7) is 0.729. The van der Waals surface area contributed by atoms with Gasteiger partial charge in [-0.3, -0.25) is 0 Å². The largest absolute Gasteiger partial charge is 0.384 e. The van der Waals surface area contributed by atoms with Crippen molar-refractivity contribution >= 4 is 34.8 Å². The highest BCUT2D eigenvalue weighted by Crippen LogP contribution is 2.29. The van der Waals surface area contributed by atoms with Crippen LogP contribution in [0.2, 0.25) is 10.0 Å². The molecule has 2 aromatic rings. The Kier molecular flexibility index (Phi) is 6.38. The number of hydrogen-bond donors (Lipinski definition) is 0. The SMILES string of the molecule is COCCc1ccc(C(Cl)Cc2ccc(Cl)c(Cl)c2)cc1. The Balaban J connectivity index is 2.02. The lowest BCUT2D eigenvalue weighted by Gasteiger charge is -2.11. The van der Waals surface area contributed by atoms with E-state index >= 15 is 0 Å². The van der Waals surface area contributed by atoms with Crippen LogP contribution in [0.1, 0.15) is 22.1 Å². The number of methoxy groups -OCH3 is 1. The van der Waals surface area contributed by atoms with Crippen molar-refractivity contribution in [1.29, 1.82) is 0 Å². The molecule has 0 spiro atoms. The van der Waals surface area contributed by atoms with Gasteiger partial charge in [0.05, 0.1) is 22.0 Å². The molecular weight excluding hydrogens is 327 g/mol. The van der Waals surface area contributed by atoms with E-state index < -0.39 is 0 Å². The summed E-state index contributed by atoms with van der Waals surface area (Å²) in [4.78, 5) is 0. The highest BCUT2D eigenvalue weighted by molar-refractivity contribution is 6.42. The van der Waals surface area contributed by atoms with Gasteiger partial charge in [0, 0.05) is 7.11 Å². The van der Waals surface area contributed by atoms with Crippen LogP contribution in [-0.4, -0.2) is 13.7 Å². The fraction of sp³-hybridized carbons (Fsp3) is 0.294. The molecule has 2 rings (SSSR count). The third kappa shape index (κ3) is 4.89. The van der Waals surface area contributed by atoms with Gasteiger partial charge in [-0.15, -0.1) is 11.6 Å². The van der Waals surface area contributed by atoms with E-state index in [1.54, 1.807) is 13.2 Å². The Hall–Kier alpha value is -0.730. The molecular formula is C17H17Cl3O. The molecule has 0 saturated heterocycles. The van der Waals surface area contributed by atoms with E-state index in [1.165, 1.54) is 5.56 Å². The third-order valence-corrected chi connectivity index (χ3v) is 4.48. The minimum Gasteiger partial charge on any atom is -0.384 e. The van der Waals surface area contributed by atoms with E-state index in [2.05, 4.69) is 24.3 Å². The average molecular weight is 344 g/mol. The summed E-state index contributed by atoms with van der Waals surface area (Å²) in [5, 5.41) is 1.04. The van der Waals surface area contributed by atoms with E-state index in [1.807, 2.05) is 12.1 Å². The normalized spacial score (nSPS) is 12.4. The number of rotatable bonds is 6. The monoisotopic (exact) mass is 342 g/mol. The first-order valence-corrected chi connectivity index (χ1v) is 7.95. The molecule has 4 heteroatoms. The zero-order chi connectivity index (χ0) is 15.2. The van der Waals surface area contributed by atoms with Crippen LogP contribution >= 0.6 is 34.8 Å². The van der Waals surface area contributed by atoms with E-state index in [0.717, 1.165) is 30.6 Å². The van der Waals surface area contributed by atoms with Crippen molar-refractivity contribution < 1.29 is 4.74 Å². The highest BCUT2D eigenvalue weighted by Gasteiger charge is 2.10. The Bertz CT molecular complexity index is 581. The second kappa shape index (κ2) is 8.05. The van der Waals surface area contributed by atoms with Crippen LogP contribution in [0.3, 0.4) is 0 Å². The lowest BCUT2D eigenvalue weighted by atomic mass is 10.0. The molecule has 1 nitrogen and oxygen atoms in total. The number of halogens is 3. The van der Waals surface area contributed by atoms with Gasteiger partial charge in [0.2, 0.25) is 0 Å². The van der Waals surface area contributed by atoms with E-state index in [9.17, 15) is 0 Å². The second-order valence-electron chi connectivity index (χ2n) is 4.90. The van der Waals surface area contributed by atoms with Gasteiger partial charge >= 0.3 is 0 Å². The van der Waals surface area contributed by atoms with Crippen molar-refractivity contribution in [1.82, 2.24) is 0 Å². The van der Waals surface area contributed by atoms with Gasteiger partial charge in [0.25, 0.3) is 0 Å². The topological polar surface area (TPSA) is 9.23 Å². The summed E-state index contributed by atoms with van der Waals surface area (Å²) in [6, 6.07) is 14.0. The maximum Gasteiger partial charge on any atom is 0.0625 e. The highest BCUT2D eigenvalue weighted by atomic mass is 35.5. The van der Waals surface area contributed by atoms with Gasteiger partial charge in [-0.25, -0.2) is 0 Å². The Labute approximate surface area is 140 Å². The van der Waals surface area contributed by atoms with E-state index in [-0.39, 0.29) is 5.38 Å². The molecule has 0 bridgehead atoms. The van der Waals surface area contributed by atoms with Gasteiger partial charge in [-0.2, -0.15) is 0 Å². The quantitative estimate of drug-likeness (QED) is 0.611. The van der Waals surface area contributed by atoms with Gasteiger partial charge in [-0.1, -0.05) is 53.5 Å². The number of ether oxygens (including phenoxy) is 1.